The highest BCUT2D eigenvalue weighted by molar-refractivity contribution is 8.00. The Hall–Kier alpha value is -1.23. The number of aliphatic hydroxyl groups is 1. The lowest BCUT2D eigenvalue weighted by molar-refractivity contribution is -0.121. The zero-order chi connectivity index (χ0) is 28.5. The lowest BCUT2D eigenvalue weighted by Crippen LogP contribution is -2.36. The predicted octanol–water partition coefficient (Wildman–Crippen LogP) is -0.0631. The van der Waals surface area contributed by atoms with Gasteiger partial charge in [-0.3, -0.25) is 4.79 Å². The van der Waals surface area contributed by atoms with Gasteiger partial charge in [-0.2, -0.15) is 11.8 Å². The van der Waals surface area contributed by atoms with Crippen molar-refractivity contribution < 1.29 is 47.9 Å². The van der Waals surface area contributed by atoms with Gasteiger partial charge in [-0.25, -0.2) is 4.79 Å². The summed E-state index contributed by atoms with van der Waals surface area (Å²) in [4.78, 5) is 23.4. The molecule has 2 rings (SSSR count). The monoisotopic (exact) mass is 595 g/mol. The normalized spacial score (nSPS) is 19.9. The summed E-state index contributed by atoms with van der Waals surface area (Å²) in [5, 5.41) is 17.8. The van der Waals surface area contributed by atoms with Crippen LogP contribution in [-0.4, -0.2) is 146 Å². The molecule has 0 spiro atoms. The molecule has 2 heterocycles. The van der Waals surface area contributed by atoms with Crippen LogP contribution in [0.4, 0.5) is 4.79 Å². The highest BCUT2D eigenvalue weighted by Gasteiger charge is 2.42. The Bertz CT molecular complexity index is 652. The summed E-state index contributed by atoms with van der Waals surface area (Å²) in [5.74, 6) is 1.01. The van der Waals surface area contributed by atoms with Crippen LogP contribution in [0.3, 0.4) is 0 Å². The number of aliphatic hydroxyl groups excluding tert-OH is 1. The van der Waals surface area contributed by atoms with Gasteiger partial charge in [-0.15, -0.1) is 0 Å². The summed E-state index contributed by atoms with van der Waals surface area (Å²) in [6.45, 7) is 7.14. The first-order valence-corrected chi connectivity index (χ1v) is 15.4. The molecule has 0 radical (unpaired) electrons. The van der Waals surface area contributed by atoms with Crippen LogP contribution in [0, 0.1) is 0 Å². The SMILES string of the molecule is O=C(CCCC[C@@H]1SC[C@@H]2NC(=O)N[C@@H]21)NCCOCCOCCOCCOCCOCCOCCOCCO. The fraction of sp³-hybridized carbons (Fsp3) is 0.923. The van der Waals surface area contributed by atoms with Gasteiger partial charge in [0.1, 0.15) is 0 Å². The molecule has 40 heavy (non-hydrogen) atoms. The predicted molar refractivity (Wildman–Crippen MR) is 150 cm³/mol. The molecule has 0 bridgehead atoms. The molecule has 0 unspecified atom stereocenters. The fourth-order valence-corrected chi connectivity index (χ4v) is 5.65. The lowest BCUT2D eigenvalue weighted by atomic mass is 10.0. The van der Waals surface area contributed by atoms with E-state index in [0.29, 0.717) is 111 Å². The smallest absolute Gasteiger partial charge is 0.315 e. The molecule has 2 aliphatic rings. The second kappa shape index (κ2) is 24.4. The number of unbranched alkanes of at least 4 members (excludes halogenated alkanes) is 1. The van der Waals surface area contributed by atoms with Crippen molar-refractivity contribution in [3.05, 3.63) is 0 Å². The molecule has 2 aliphatic heterocycles. The van der Waals surface area contributed by atoms with Crippen LogP contribution in [0.2, 0.25) is 0 Å². The zero-order valence-electron chi connectivity index (χ0n) is 23.6. The average Bonchev–Trinajstić information content (AvgIpc) is 3.50. The molecule has 13 nitrogen and oxygen atoms in total. The van der Waals surface area contributed by atoms with Crippen LogP contribution in [0.1, 0.15) is 25.7 Å². The summed E-state index contributed by atoms with van der Waals surface area (Å²) in [5.41, 5.74) is 0. The van der Waals surface area contributed by atoms with Crippen LogP contribution in [0.5, 0.6) is 0 Å². The third-order valence-electron chi connectivity index (χ3n) is 6.12. The van der Waals surface area contributed by atoms with E-state index in [-0.39, 0.29) is 30.6 Å². The van der Waals surface area contributed by atoms with E-state index < -0.39 is 0 Å². The number of carbonyl (C=O) groups is 2. The maximum Gasteiger partial charge on any atom is 0.315 e. The largest absolute Gasteiger partial charge is 0.394 e. The zero-order valence-corrected chi connectivity index (χ0v) is 24.4. The minimum Gasteiger partial charge on any atom is -0.394 e. The summed E-state index contributed by atoms with van der Waals surface area (Å²) in [6.07, 6.45) is 3.35. The quantitative estimate of drug-likeness (QED) is 0.0710. The van der Waals surface area contributed by atoms with Gasteiger partial charge >= 0.3 is 6.03 Å². The third-order valence-corrected chi connectivity index (χ3v) is 7.63. The van der Waals surface area contributed by atoms with Gasteiger partial charge in [-0.05, 0) is 12.8 Å². The molecule has 234 valence electrons. The highest BCUT2D eigenvalue weighted by atomic mass is 32.2. The Kier molecular flexibility index (Phi) is 21.3. The van der Waals surface area contributed by atoms with Crippen molar-refractivity contribution in [1.82, 2.24) is 16.0 Å². The van der Waals surface area contributed by atoms with E-state index in [1.165, 1.54) is 0 Å². The molecular weight excluding hydrogens is 546 g/mol. The van der Waals surface area contributed by atoms with Crippen LogP contribution < -0.4 is 16.0 Å². The van der Waals surface area contributed by atoms with Gasteiger partial charge in [0, 0.05) is 24.0 Å². The number of amides is 3. The minimum atomic E-state index is -0.0591. The molecule has 2 fully saturated rings. The van der Waals surface area contributed by atoms with E-state index in [0.717, 1.165) is 25.0 Å². The minimum absolute atomic E-state index is 0.0223. The number of thioether (sulfide) groups is 1. The second-order valence-corrected chi connectivity index (χ2v) is 10.5. The first-order valence-electron chi connectivity index (χ1n) is 14.3. The lowest BCUT2D eigenvalue weighted by Gasteiger charge is -2.16. The summed E-state index contributed by atoms with van der Waals surface area (Å²) >= 11 is 1.90. The maximum atomic E-state index is 12.0. The highest BCUT2D eigenvalue weighted by Crippen LogP contribution is 2.33. The number of hydrogen-bond donors (Lipinski definition) is 4. The van der Waals surface area contributed by atoms with Gasteiger partial charge in [0.2, 0.25) is 5.91 Å². The molecule has 2 saturated heterocycles. The number of urea groups is 1. The van der Waals surface area contributed by atoms with Crippen molar-refractivity contribution in [2.75, 3.05) is 111 Å². The maximum absolute atomic E-state index is 12.0. The number of hydrogen-bond acceptors (Lipinski definition) is 11. The van der Waals surface area contributed by atoms with Gasteiger partial charge in [-0.1, -0.05) is 6.42 Å². The van der Waals surface area contributed by atoms with Crippen LogP contribution in [-0.2, 0) is 38.0 Å². The van der Waals surface area contributed by atoms with Crippen molar-refractivity contribution in [2.45, 2.75) is 43.0 Å². The fourth-order valence-electron chi connectivity index (χ4n) is 4.11. The van der Waals surface area contributed by atoms with E-state index >= 15 is 0 Å². The Morgan fingerprint density at radius 1 is 0.750 bits per heavy atom. The van der Waals surface area contributed by atoms with E-state index in [4.69, 9.17) is 38.3 Å². The number of ether oxygens (including phenoxy) is 7. The summed E-state index contributed by atoms with van der Waals surface area (Å²) in [6, 6.07) is 0.418. The van der Waals surface area contributed by atoms with Gasteiger partial charge in [0.15, 0.2) is 0 Å². The molecule has 0 saturated carbocycles. The van der Waals surface area contributed by atoms with Crippen molar-refractivity contribution in [3.8, 4) is 0 Å². The van der Waals surface area contributed by atoms with E-state index in [1.54, 1.807) is 0 Å². The molecule has 0 aromatic rings. The first kappa shape index (κ1) is 35.0. The van der Waals surface area contributed by atoms with Crippen molar-refractivity contribution in [3.63, 3.8) is 0 Å². The second-order valence-electron chi connectivity index (χ2n) is 9.23. The molecule has 0 aromatic heterocycles. The van der Waals surface area contributed by atoms with E-state index in [2.05, 4.69) is 16.0 Å². The van der Waals surface area contributed by atoms with Crippen LogP contribution in [0.25, 0.3) is 0 Å². The molecule has 3 atom stereocenters. The third kappa shape index (κ3) is 17.6. The average molecular weight is 596 g/mol. The Labute approximate surface area is 242 Å². The Morgan fingerprint density at radius 2 is 1.25 bits per heavy atom. The molecule has 14 heteroatoms. The summed E-state index contributed by atoms with van der Waals surface area (Å²) < 4.78 is 37.6. The van der Waals surface area contributed by atoms with Crippen molar-refractivity contribution >= 4 is 23.7 Å². The molecule has 0 aromatic carbocycles. The molecule has 3 amide bonds. The van der Waals surface area contributed by atoms with Crippen LogP contribution in [0.15, 0.2) is 0 Å². The van der Waals surface area contributed by atoms with E-state index in [9.17, 15) is 9.59 Å². The standard InChI is InChI=1S/C26H49N3O10S/c30-6-8-34-10-12-36-14-16-38-18-20-39-19-17-37-15-13-35-11-9-33-7-5-27-24(31)4-2-1-3-23-25-22(21-40-23)28-26(32)29-25/h22-23,25,30H,1-21H2,(H,27,31)(H2,28,29,32)/t22-,23-,25-/m0/s1. The Balaban J connectivity index is 1.21. The summed E-state index contributed by atoms with van der Waals surface area (Å²) in [7, 11) is 0. The van der Waals surface area contributed by atoms with Crippen LogP contribution >= 0.6 is 11.8 Å². The van der Waals surface area contributed by atoms with Gasteiger partial charge < -0.3 is 54.2 Å². The number of fused-ring (bicyclic) bond motifs is 1. The molecule has 4 N–H and O–H groups in total. The molecule has 0 aliphatic carbocycles. The van der Waals surface area contributed by atoms with Crippen molar-refractivity contribution in [1.29, 1.82) is 0 Å². The number of nitrogens with one attached hydrogen (secondary N) is 3. The van der Waals surface area contributed by atoms with Gasteiger partial charge in [0.25, 0.3) is 0 Å². The van der Waals surface area contributed by atoms with Crippen molar-refractivity contribution in [2.24, 2.45) is 0 Å². The number of carbonyl (C=O) groups excluding carboxylic acids is 2. The number of rotatable bonds is 28. The first-order chi connectivity index (χ1) is 19.7. The van der Waals surface area contributed by atoms with E-state index in [1.807, 2.05) is 11.8 Å². The molecular formula is C26H49N3O10S. The Morgan fingerprint density at radius 3 is 1.77 bits per heavy atom. The topological polar surface area (TPSA) is 155 Å². The van der Waals surface area contributed by atoms with Gasteiger partial charge in [0.05, 0.1) is 111 Å².